The first-order valence-corrected chi connectivity index (χ1v) is 9.26. The summed E-state index contributed by atoms with van der Waals surface area (Å²) < 4.78 is 13.9. The minimum atomic E-state index is -2.30. The van der Waals surface area contributed by atoms with E-state index in [1.54, 1.807) is 10.8 Å². The fourth-order valence-corrected chi connectivity index (χ4v) is 3.29. The first-order valence-electron chi connectivity index (χ1n) is 7.12. The third-order valence-electron chi connectivity index (χ3n) is 3.77. The standard InChI is InChI=1S/C18H18NO2S/c1-22(2,21)16-10-8-15-9-11-18(20)19(17(15)12-16)13-14-6-4-3-5-7-14/h3-8,10,12-13H,1,9,11H2,2H3/q+1. The summed E-state index contributed by atoms with van der Waals surface area (Å²) in [6.07, 6.45) is 4.66. The van der Waals surface area contributed by atoms with Gasteiger partial charge in [-0.25, -0.2) is 4.79 Å². The van der Waals surface area contributed by atoms with Crippen LogP contribution in [0.4, 0.5) is 5.69 Å². The van der Waals surface area contributed by atoms with Crippen LogP contribution in [0.2, 0.25) is 0 Å². The molecule has 0 fully saturated rings. The van der Waals surface area contributed by atoms with Crippen LogP contribution in [0.25, 0.3) is 0 Å². The molecule has 0 saturated heterocycles. The van der Waals surface area contributed by atoms with E-state index in [4.69, 9.17) is 0 Å². The SMILES string of the molecule is C=S(C)(=O)c1ccc2c(c1)[N+](=Cc1ccccc1)C(=O)CC2. The summed E-state index contributed by atoms with van der Waals surface area (Å²) in [4.78, 5) is 13.0. The topological polar surface area (TPSA) is 37.1 Å². The van der Waals surface area contributed by atoms with E-state index in [9.17, 15) is 9.00 Å². The summed E-state index contributed by atoms with van der Waals surface area (Å²) in [5.41, 5.74) is 2.87. The van der Waals surface area contributed by atoms with Gasteiger partial charge in [0.15, 0.2) is 6.21 Å². The Bertz CT molecular complexity index is 865. The molecule has 0 saturated carbocycles. The molecule has 0 N–H and O–H groups in total. The Hall–Kier alpha value is -2.20. The summed E-state index contributed by atoms with van der Waals surface area (Å²) in [5, 5.41) is 0. The van der Waals surface area contributed by atoms with E-state index in [1.165, 1.54) is 0 Å². The highest BCUT2D eigenvalue weighted by molar-refractivity contribution is 7.99. The van der Waals surface area contributed by atoms with E-state index >= 15 is 0 Å². The third-order valence-corrected chi connectivity index (χ3v) is 5.02. The molecule has 1 aliphatic heterocycles. The molecule has 22 heavy (non-hydrogen) atoms. The Morgan fingerprint density at radius 2 is 1.86 bits per heavy atom. The number of hydrogen-bond acceptors (Lipinski definition) is 2. The van der Waals surface area contributed by atoms with Crippen molar-refractivity contribution in [3.05, 3.63) is 59.7 Å². The van der Waals surface area contributed by atoms with Crippen LogP contribution in [0, 0.1) is 0 Å². The molecule has 1 aliphatic rings. The molecular formula is C18H18NO2S+. The highest BCUT2D eigenvalue weighted by Crippen LogP contribution is 2.29. The van der Waals surface area contributed by atoms with Crippen molar-refractivity contribution in [2.24, 2.45) is 0 Å². The summed E-state index contributed by atoms with van der Waals surface area (Å²) in [6, 6.07) is 15.4. The average molecular weight is 312 g/mol. The van der Waals surface area contributed by atoms with Crippen molar-refractivity contribution >= 4 is 33.2 Å². The average Bonchev–Trinajstić information content (AvgIpc) is 2.50. The molecule has 1 atom stereocenters. The van der Waals surface area contributed by atoms with Gasteiger partial charge in [0.2, 0.25) is 5.69 Å². The molecule has 2 aromatic rings. The Balaban J connectivity index is 2.18. The van der Waals surface area contributed by atoms with Crippen LogP contribution >= 0.6 is 0 Å². The second-order valence-corrected chi connectivity index (χ2v) is 8.08. The van der Waals surface area contributed by atoms with E-state index in [-0.39, 0.29) is 5.91 Å². The molecule has 1 amide bonds. The zero-order valence-corrected chi connectivity index (χ0v) is 13.3. The molecule has 1 unspecified atom stereocenters. The molecule has 0 aromatic heterocycles. The highest BCUT2D eigenvalue weighted by Gasteiger charge is 2.30. The lowest BCUT2D eigenvalue weighted by atomic mass is 10.0. The smallest absolute Gasteiger partial charge is 0.263 e. The Labute approximate surface area is 130 Å². The number of fused-ring (bicyclic) bond motifs is 1. The molecular weight excluding hydrogens is 294 g/mol. The zero-order chi connectivity index (χ0) is 15.7. The number of rotatable bonds is 2. The molecule has 4 heteroatoms. The second kappa shape index (κ2) is 5.54. The van der Waals surface area contributed by atoms with Crippen LogP contribution in [0.15, 0.2) is 53.4 Å². The number of benzene rings is 2. The van der Waals surface area contributed by atoms with Crippen molar-refractivity contribution < 1.29 is 13.6 Å². The highest BCUT2D eigenvalue weighted by atomic mass is 32.2. The van der Waals surface area contributed by atoms with Crippen molar-refractivity contribution in [2.45, 2.75) is 17.7 Å². The Kier molecular flexibility index (Phi) is 3.71. The van der Waals surface area contributed by atoms with Gasteiger partial charge in [-0.05, 0) is 40.0 Å². The maximum absolute atomic E-state index is 12.3. The molecule has 2 aromatic carbocycles. The Morgan fingerprint density at radius 1 is 1.14 bits per heavy atom. The van der Waals surface area contributed by atoms with Gasteiger partial charge in [0.25, 0.3) is 0 Å². The van der Waals surface area contributed by atoms with Crippen molar-refractivity contribution in [1.29, 1.82) is 0 Å². The summed E-state index contributed by atoms with van der Waals surface area (Å²) in [7, 11) is -2.30. The maximum atomic E-state index is 12.3. The van der Waals surface area contributed by atoms with Crippen LogP contribution < -0.4 is 0 Å². The van der Waals surface area contributed by atoms with Gasteiger partial charge in [-0.3, -0.25) is 4.21 Å². The molecule has 1 heterocycles. The normalized spacial score (nSPS) is 18.8. The third kappa shape index (κ3) is 2.88. The van der Waals surface area contributed by atoms with Crippen LogP contribution in [-0.4, -0.2) is 33.0 Å². The van der Waals surface area contributed by atoms with Gasteiger partial charge in [0, 0.05) is 28.3 Å². The summed E-state index contributed by atoms with van der Waals surface area (Å²) in [6.45, 7) is 0. The van der Waals surface area contributed by atoms with Crippen molar-refractivity contribution in [3.63, 3.8) is 0 Å². The number of carbonyl (C=O) groups excluding carboxylic acids is 1. The zero-order valence-electron chi connectivity index (χ0n) is 12.5. The van der Waals surface area contributed by atoms with Crippen LogP contribution in [0.3, 0.4) is 0 Å². The number of hydrogen-bond donors (Lipinski definition) is 0. The lowest BCUT2D eigenvalue weighted by Gasteiger charge is -2.13. The van der Waals surface area contributed by atoms with E-state index in [2.05, 4.69) is 5.87 Å². The molecule has 0 bridgehead atoms. The van der Waals surface area contributed by atoms with Gasteiger partial charge in [-0.2, -0.15) is 0 Å². The van der Waals surface area contributed by atoms with Gasteiger partial charge in [-0.1, -0.05) is 24.3 Å². The molecule has 0 aliphatic carbocycles. The number of amides is 1. The molecule has 0 radical (unpaired) electrons. The number of aryl methyl sites for hydroxylation is 1. The van der Waals surface area contributed by atoms with Gasteiger partial charge in [0.1, 0.15) is 0 Å². The summed E-state index contributed by atoms with van der Waals surface area (Å²) >= 11 is 0. The second-order valence-electron chi connectivity index (χ2n) is 5.60. The number of nitrogens with zero attached hydrogens (tertiary/aromatic N) is 1. The minimum absolute atomic E-state index is 0.0557. The van der Waals surface area contributed by atoms with Crippen molar-refractivity contribution in [1.82, 2.24) is 0 Å². The lowest BCUT2D eigenvalue weighted by Crippen LogP contribution is -2.24. The van der Waals surface area contributed by atoms with Gasteiger partial charge < -0.3 is 0 Å². The van der Waals surface area contributed by atoms with Gasteiger partial charge in [-0.15, -0.1) is 4.58 Å². The van der Waals surface area contributed by atoms with E-state index in [0.717, 1.165) is 23.2 Å². The quantitative estimate of drug-likeness (QED) is 0.631. The van der Waals surface area contributed by atoms with E-state index in [0.29, 0.717) is 11.3 Å². The van der Waals surface area contributed by atoms with Crippen molar-refractivity contribution in [2.75, 3.05) is 6.26 Å². The summed E-state index contributed by atoms with van der Waals surface area (Å²) in [5.74, 6) is 3.79. The largest absolute Gasteiger partial charge is 0.393 e. The minimum Gasteiger partial charge on any atom is -0.263 e. The first-order chi connectivity index (χ1) is 10.4. The van der Waals surface area contributed by atoms with Gasteiger partial charge >= 0.3 is 5.91 Å². The Morgan fingerprint density at radius 3 is 2.55 bits per heavy atom. The van der Waals surface area contributed by atoms with Gasteiger partial charge in [0.05, 0.1) is 6.42 Å². The van der Waals surface area contributed by atoms with E-state index in [1.807, 2.05) is 54.7 Å². The molecule has 3 rings (SSSR count). The molecule has 112 valence electrons. The monoisotopic (exact) mass is 312 g/mol. The number of carbonyl (C=O) groups is 1. The fraction of sp³-hybridized carbons (Fsp3) is 0.167. The predicted molar refractivity (Wildman–Crippen MR) is 90.8 cm³/mol. The lowest BCUT2D eigenvalue weighted by molar-refractivity contribution is -0.366. The van der Waals surface area contributed by atoms with E-state index < -0.39 is 9.52 Å². The van der Waals surface area contributed by atoms with Crippen molar-refractivity contribution in [3.8, 4) is 0 Å². The maximum Gasteiger partial charge on any atom is 0.393 e. The predicted octanol–water partition coefficient (Wildman–Crippen LogP) is 2.63. The fourth-order valence-electron chi connectivity index (χ4n) is 2.57. The van der Waals surface area contributed by atoms with Crippen LogP contribution in [0.1, 0.15) is 17.5 Å². The molecule has 3 nitrogen and oxygen atoms in total. The first kappa shape index (κ1) is 14.7. The van der Waals surface area contributed by atoms with Crippen LogP contribution in [-0.2, 0) is 20.7 Å². The molecule has 0 spiro atoms. The van der Waals surface area contributed by atoms with Crippen LogP contribution in [0.5, 0.6) is 0 Å².